The molecular weight excluding hydrogens is 536 g/mol. The van der Waals surface area contributed by atoms with Crippen LogP contribution in [0.1, 0.15) is 0 Å². The Morgan fingerprint density at radius 3 is 2.05 bits per heavy atom. The number of hydrogen-bond donors (Lipinski definition) is 0. The van der Waals surface area contributed by atoms with Crippen molar-refractivity contribution in [3.05, 3.63) is 146 Å². The van der Waals surface area contributed by atoms with Crippen molar-refractivity contribution in [1.29, 1.82) is 0 Å². The van der Waals surface area contributed by atoms with Crippen molar-refractivity contribution in [3.63, 3.8) is 0 Å². The number of aromatic nitrogens is 2. The van der Waals surface area contributed by atoms with E-state index in [1.54, 1.807) is 0 Å². The molecule has 0 bridgehead atoms. The third-order valence-corrected chi connectivity index (χ3v) is 9.15. The molecule has 204 valence electrons. The van der Waals surface area contributed by atoms with Gasteiger partial charge in [-0.15, -0.1) is 0 Å². The van der Waals surface area contributed by atoms with Gasteiger partial charge in [0.1, 0.15) is 17.0 Å². The van der Waals surface area contributed by atoms with E-state index in [1.165, 1.54) is 33.0 Å². The molecule has 2 heterocycles. The quantitative estimate of drug-likeness (QED) is 0.215. The van der Waals surface area contributed by atoms with Crippen LogP contribution in [-0.4, -0.2) is 9.55 Å². The molecule has 0 fully saturated rings. The van der Waals surface area contributed by atoms with Crippen molar-refractivity contribution in [3.8, 4) is 50.5 Å². The lowest BCUT2D eigenvalue weighted by Crippen LogP contribution is -1.97. The summed E-state index contributed by atoms with van der Waals surface area (Å²) in [6.07, 6.45) is 0. The highest BCUT2D eigenvalue weighted by Gasteiger charge is 2.24. The first-order valence-corrected chi connectivity index (χ1v) is 15.0. The van der Waals surface area contributed by atoms with E-state index in [0.29, 0.717) is 0 Å². The van der Waals surface area contributed by atoms with Gasteiger partial charge in [0.2, 0.25) is 0 Å². The maximum absolute atomic E-state index is 6.64. The molecule has 7 aromatic carbocycles. The summed E-state index contributed by atoms with van der Waals surface area (Å²) >= 11 is 0. The zero-order valence-corrected chi connectivity index (χ0v) is 23.7. The number of fused-ring (bicyclic) bond motifs is 8. The standard InChI is InChI=1S/C41H24N2O/c1-2-9-28(10-3-1)43-37-16-7-6-15-36(37)42-41(43)26-19-17-25(18-20-26)27-21-22-31-35-24-34-30-12-5-4-11-29(30)32-13-8-14-33(39(32)34)40(35)44-38(31)23-27/h1-24H. The number of rotatable bonds is 3. The van der Waals surface area contributed by atoms with Gasteiger partial charge in [0.05, 0.1) is 11.0 Å². The van der Waals surface area contributed by atoms with Crippen LogP contribution >= 0.6 is 0 Å². The van der Waals surface area contributed by atoms with Crippen molar-refractivity contribution in [1.82, 2.24) is 9.55 Å². The molecule has 0 N–H and O–H groups in total. The van der Waals surface area contributed by atoms with Crippen LogP contribution in [0, 0.1) is 0 Å². The van der Waals surface area contributed by atoms with Gasteiger partial charge in [0, 0.05) is 32.8 Å². The third kappa shape index (κ3) is 3.24. The lowest BCUT2D eigenvalue weighted by atomic mass is 9.98. The SMILES string of the molecule is c1ccc(-n2c(-c3ccc(-c4ccc5c(c4)oc4c6cccc7c6c(cc54)-c4ccccc4-7)cc3)nc3ccccc32)cc1. The average Bonchev–Trinajstić information content (AvgIpc) is 3.76. The molecule has 0 radical (unpaired) electrons. The van der Waals surface area contributed by atoms with Gasteiger partial charge in [-0.25, -0.2) is 4.98 Å². The lowest BCUT2D eigenvalue weighted by Gasteiger charge is -2.10. The van der Waals surface area contributed by atoms with E-state index < -0.39 is 0 Å². The van der Waals surface area contributed by atoms with Crippen LogP contribution in [0.15, 0.2) is 150 Å². The number of imidazole rings is 1. The molecule has 3 heteroatoms. The lowest BCUT2D eigenvalue weighted by molar-refractivity contribution is 0.673. The summed E-state index contributed by atoms with van der Waals surface area (Å²) in [5.41, 5.74) is 13.6. The van der Waals surface area contributed by atoms with Crippen LogP contribution in [0.3, 0.4) is 0 Å². The van der Waals surface area contributed by atoms with Crippen LogP contribution in [-0.2, 0) is 0 Å². The number of benzene rings is 7. The minimum absolute atomic E-state index is 0.908. The Labute approximate surface area is 253 Å². The third-order valence-electron chi connectivity index (χ3n) is 9.15. The van der Waals surface area contributed by atoms with Crippen molar-refractivity contribution in [2.24, 2.45) is 0 Å². The van der Waals surface area contributed by atoms with Crippen LogP contribution in [0.2, 0.25) is 0 Å². The topological polar surface area (TPSA) is 31.0 Å². The first kappa shape index (κ1) is 23.6. The summed E-state index contributed by atoms with van der Waals surface area (Å²) in [5.74, 6) is 0.932. The molecule has 1 aliphatic carbocycles. The normalized spacial score (nSPS) is 12.1. The van der Waals surface area contributed by atoms with Gasteiger partial charge in [0.15, 0.2) is 0 Å². The molecule has 9 aromatic rings. The fourth-order valence-electron chi connectivity index (χ4n) is 7.15. The number of para-hydroxylation sites is 3. The fraction of sp³-hybridized carbons (Fsp3) is 0. The largest absolute Gasteiger partial charge is 0.455 e. The van der Waals surface area contributed by atoms with Gasteiger partial charge < -0.3 is 4.42 Å². The second-order valence-corrected chi connectivity index (χ2v) is 11.6. The zero-order chi connectivity index (χ0) is 28.8. The molecule has 1 aliphatic rings. The molecule has 3 nitrogen and oxygen atoms in total. The monoisotopic (exact) mass is 560 g/mol. The molecule has 2 aromatic heterocycles. The van der Waals surface area contributed by atoms with Crippen LogP contribution in [0.25, 0.3) is 94.2 Å². The molecule has 0 amide bonds. The Morgan fingerprint density at radius 1 is 0.477 bits per heavy atom. The molecule has 0 saturated carbocycles. The van der Waals surface area contributed by atoms with E-state index in [1.807, 2.05) is 12.1 Å². The van der Waals surface area contributed by atoms with Crippen molar-refractivity contribution in [2.45, 2.75) is 0 Å². The van der Waals surface area contributed by atoms with Gasteiger partial charge in [-0.1, -0.05) is 103 Å². The summed E-state index contributed by atoms with van der Waals surface area (Å²) in [6, 6.07) is 51.6. The van der Waals surface area contributed by atoms with E-state index in [9.17, 15) is 0 Å². The summed E-state index contributed by atoms with van der Waals surface area (Å²) in [6.45, 7) is 0. The van der Waals surface area contributed by atoms with E-state index in [0.717, 1.165) is 61.2 Å². The van der Waals surface area contributed by atoms with Crippen molar-refractivity contribution < 1.29 is 4.42 Å². The smallest absolute Gasteiger partial charge is 0.145 e. The van der Waals surface area contributed by atoms with Gasteiger partial charge >= 0.3 is 0 Å². The molecular formula is C41H24N2O. The van der Waals surface area contributed by atoms with Crippen LogP contribution in [0.5, 0.6) is 0 Å². The average molecular weight is 561 g/mol. The summed E-state index contributed by atoms with van der Waals surface area (Å²) in [5, 5.41) is 4.77. The molecule has 0 aliphatic heterocycles. The van der Waals surface area contributed by atoms with E-state index in [4.69, 9.17) is 9.40 Å². The Kier molecular flexibility index (Phi) is 4.72. The Balaban J connectivity index is 1.09. The highest BCUT2D eigenvalue weighted by molar-refractivity contribution is 6.25. The first-order chi connectivity index (χ1) is 21.8. The minimum Gasteiger partial charge on any atom is -0.455 e. The number of furan rings is 1. The number of nitrogens with zero attached hydrogens (tertiary/aromatic N) is 2. The van der Waals surface area contributed by atoms with E-state index >= 15 is 0 Å². The summed E-state index contributed by atoms with van der Waals surface area (Å²) in [7, 11) is 0. The van der Waals surface area contributed by atoms with Gasteiger partial charge in [-0.2, -0.15) is 0 Å². The van der Waals surface area contributed by atoms with Crippen LogP contribution < -0.4 is 0 Å². The molecule has 0 unspecified atom stereocenters. The highest BCUT2D eigenvalue weighted by atomic mass is 16.3. The van der Waals surface area contributed by atoms with E-state index in [-0.39, 0.29) is 0 Å². The van der Waals surface area contributed by atoms with Gasteiger partial charge in [-0.05, 0) is 75.8 Å². The Bertz CT molecular complexity index is 2590. The fourth-order valence-corrected chi connectivity index (χ4v) is 7.15. The molecule has 0 saturated heterocycles. The Hall–Kier alpha value is -5.93. The van der Waals surface area contributed by atoms with E-state index in [2.05, 4.69) is 138 Å². The van der Waals surface area contributed by atoms with Gasteiger partial charge in [0.25, 0.3) is 0 Å². The summed E-state index contributed by atoms with van der Waals surface area (Å²) < 4.78 is 8.88. The minimum atomic E-state index is 0.908. The Morgan fingerprint density at radius 2 is 1.18 bits per heavy atom. The molecule has 10 rings (SSSR count). The zero-order valence-electron chi connectivity index (χ0n) is 23.7. The maximum Gasteiger partial charge on any atom is 0.145 e. The second kappa shape index (κ2) is 8.79. The highest BCUT2D eigenvalue weighted by Crippen LogP contribution is 2.50. The number of hydrogen-bond acceptors (Lipinski definition) is 2. The molecule has 44 heavy (non-hydrogen) atoms. The predicted octanol–water partition coefficient (Wildman–Crippen LogP) is 11.1. The predicted molar refractivity (Wildman–Crippen MR) is 181 cm³/mol. The van der Waals surface area contributed by atoms with Crippen molar-refractivity contribution >= 4 is 43.7 Å². The molecule has 0 spiro atoms. The van der Waals surface area contributed by atoms with Crippen LogP contribution in [0.4, 0.5) is 0 Å². The summed E-state index contributed by atoms with van der Waals surface area (Å²) in [4.78, 5) is 5.03. The first-order valence-electron chi connectivity index (χ1n) is 15.0. The van der Waals surface area contributed by atoms with Gasteiger partial charge in [-0.3, -0.25) is 4.57 Å². The molecule has 0 atom stereocenters. The second-order valence-electron chi connectivity index (χ2n) is 11.6. The van der Waals surface area contributed by atoms with Crippen molar-refractivity contribution in [2.75, 3.05) is 0 Å². The maximum atomic E-state index is 6.64.